The number of hydrogen-bond donors (Lipinski definition) is 0. The van der Waals surface area contributed by atoms with E-state index in [1.54, 1.807) is 6.20 Å². The molecule has 7 rings (SSSR count). The number of pyridine rings is 2. The average Bonchev–Trinajstić information content (AvgIpc) is 3.46. The van der Waals surface area contributed by atoms with Crippen LogP contribution >= 0.6 is 0 Å². The molecule has 0 aliphatic heterocycles. The molecule has 0 aliphatic carbocycles. The fourth-order valence-corrected chi connectivity index (χ4v) is 4.64. The molecule has 3 nitrogen and oxygen atoms in total. The van der Waals surface area contributed by atoms with Gasteiger partial charge in [-0.3, -0.25) is 0 Å². The van der Waals surface area contributed by atoms with Crippen LogP contribution < -0.4 is 0 Å². The molecule has 0 fully saturated rings. The van der Waals surface area contributed by atoms with Gasteiger partial charge in [-0.05, 0) is 61.1 Å². The maximum Gasteiger partial charge on any atom is 0.135 e. The van der Waals surface area contributed by atoms with Crippen molar-refractivity contribution in [1.29, 1.82) is 0 Å². The summed E-state index contributed by atoms with van der Waals surface area (Å²) < 4.78 is 6.07. The van der Waals surface area contributed by atoms with Gasteiger partial charge in [0.05, 0.1) is 0 Å². The van der Waals surface area contributed by atoms with E-state index in [1.165, 1.54) is 11.1 Å². The van der Waals surface area contributed by atoms with Crippen molar-refractivity contribution in [2.45, 2.75) is 13.8 Å². The third-order valence-electron chi connectivity index (χ3n) is 6.83. The summed E-state index contributed by atoms with van der Waals surface area (Å²) in [6.45, 7) is 4.17. The number of hydrogen-bond acceptors (Lipinski definition) is 3. The van der Waals surface area contributed by atoms with Gasteiger partial charge in [-0.2, -0.15) is 0 Å². The Kier molecular flexibility index (Phi) is 9.18. The molecule has 0 bridgehead atoms. The number of benzene rings is 4. The van der Waals surface area contributed by atoms with Crippen LogP contribution in [0.25, 0.3) is 55.9 Å². The fraction of sp³-hybridized carbons (Fsp3) is 0.0526. The smallest absolute Gasteiger partial charge is 0.135 e. The fourth-order valence-electron chi connectivity index (χ4n) is 4.64. The van der Waals surface area contributed by atoms with Crippen molar-refractivity contribution in [2.24, 2.45) is 0 Å². The second-order valence-electron chi connectivity index (χ2n) is 9.93. The van der Waals surface area contributed by atoms with Gasteiger partial charge in [-0.1, -0.05) is 59.7 Å². The zero-order valence-corrected chi connectivity index (χ0v) is 25.7. The SMILES string of the molecule is Cc1ccc(-c2cc3cc(-c4cc[c-]c(-c5cc(C)ccn5)c4)ccc3o2)cc1.[Ir].[c-]1ccccc1-c1ccccn1. The Morgan fingerprint density at radius 1 is 0.548 bits per heavy atom. The normalized spacial score (nSPS) is 10.4. The van der Waals surface area contributed by atoms with Crippen LogP contribution in [-0.2, 0) is 20.1 Å². The van der Waals surface area contributed by atoms with Gasteiger partial charge >= 0.3 is 0 Å². The molecule has 0 atom stereocenters. The van der Waals surface area contributed by atoms with Crippen molar-refractivity contribution in [3.8, 4) is 45.0 Å². The Hall–Kier alpha value is -4.63. The zero-order chi connectivity index (χ0) is 28.0. The average molecular weight is 721 g/mol. The molecule has 4 aromatic carbocycles. The Morgan fingerprint density at radius 3 is 2.07 bits per heavy atom. The first-order chi connectivity index (χ1) is 20.1. The summed E-state index contributed by atoms with van der Waals surface area (Å²) in [5.41, 5.74) is 10.7. The van der Waals surface area contributed by atoms with E-state index in [4.69, 9.17) is 4.42 Å². The van der Waals surface area contributed by atoms with Crippen molar-refractivity contribution in [3.63, 3.8) is 0 Å². The van der Waals surface area contributed by atoms with Gasteiger partial charge in [-0.25, -0.2) is 0 Å². The Morgan fingerprint density at radius 2 is 1.31 bits per heavy atom. The zero-order valence-electron chi connectivity index (χ0n) is 23.3. The molecule has 7 aromatic rings. The summed E-state index contributed by atoms with van der Waals surface area (Å²) in [6.07, 6.45) is 3.63. The first-order valence-corrected chi connectivity index (χ1v) is 13.6. The Balaban J connectivity index is 0.000000228. The second kappa shape index (κ2) is 13.4. The number of aromatic nitrogens is 2. The molecule has 207 valence electrons. The number of furan rings is 1. The van der Waals surface area contributed by atoms with Gasteiger partial charge < -0.3 is 14.4 Å². The molecular weight excluding hydrogens is 693 g/mol. The quantitative estimate of drug-likeness (QED) is 0.170. The van der Waals surface area contributed by atoms with Crippen LogP contribution in [0.2, 0.25) is 0 Å². The molecule has 0 saturated heterocycles. The minimum Gasteiger partial charge on any atom is -0.456 e. The number of fused-ring (bicyclic) bond motifs is 1. The molecule has 3 aromatic heterocycles. The van der Waals surface area contributed by atoms with Crippen molar-refractivity contribution in [2.75, 3.05) is 0 Å². The van der Waals surface area contributed by atoms with E-state index in [0.717, 1.165) is 55.9 Å². The van der Waals surface area contributed by atoms with E-state index in [2.05, 4.69) is 96.6 Å². The van der Waals surface area contributed by atoms with Gasteiger partial charge in [0, 0.05) is 43.4 Å². The largest absolute Gasteiger partial charge is 0.456 e. The Labute approximate surface area is 260 Å². The van der Waals surface area contributed by atoms with Crippen molar-refractivity contribution in [3.05, 3.63) is 157 Å². The van der Waals surface area contributed by atoms with E-state index >= 15 is 0 Å². The third-order valence-corrected chi connectivity index (χ3v) is 6.83. The summed E-state index contributed by atoms with van der Waals surface area (Å²) in [4.78, 5) is 8.71. The molecular formula is C38H28IrN2O-2. The maximum absolute atomic E-state index is 6.07. The molecule has 0 N–H and O–H groups in total. The van der Waals surface area contributed by atoms with E-state index in [1.807, 2.05) is 66.9 Å². The van der Waals surface area contributed by atoms with Gasteiger partial charge in [0.15, 0.2) is 0 Å². The molecule has 4 heteroatoms. The maximum atomic E-state index is 6.07. The van der Waals surface area contributed by atoms with Crippen LogP contribution in [0.1, 0.15) is 11.1 Å². The van der Waals surface area contributed by atoms with Gasteiger partial charge in [0.1, 0.15) is 11.3 Å². The predicted molar refractivity (Wildman–Crippen MR) is 167 cm³/mol. The molecule has 3 heterocycles. The third kappa shape index (κ3) is 6.80. The molecule has 1 radical (unpaired) electrons. The van der Waals surface area contributed by atoms with E-state index in [9.17, 15) is 0 Å². The van der Waals surface area contributed by atoms with Crippen LogP contribution in [0, 0.1) is 26.0 Å². The molecule has 0 amide bonds. The van der Waals surface area contributed by atoms with E-state index < -0.39 is 0 Å². The molecule has 0 saturated carbocycles. The van der Waals surface area contributed by atoms with E-state index in [0.29, 0.717) is 0 Å². The van der Waals surface area contributed by atoms with Crippen molar-refractivity contribution < 1.29 is 24.5 Å². The van der Waals surface area contributed by atoms with Gasteiger partial charge in [-0.15, -0.1) is 71.3 Å². The van der Waals surface area contributed by atoms with Crippen molar-refractivity contribution in [1.82, 2.24) is 9.97 Å². The summed E-state index contributed by atoms with van der Waals surface area (Å²) >= 11 is 0. The standard InChI is InChI=1S/C27H20NO.C11H8N.Ir/c1-18-6-8-20(9-7-18)27-17-24-16-22(10-11-26(24)29-27)21-4-3-5-23(15-21)25-14-19(2)12-13-28-25;1-2-6-10(7-3-1)11-8-4-5-9-12-11;/h3-4,6-17H,1-2H3;1-6,8-9H;/q2*-1;. The molecule has 0 spiro atoms. The van der Waals surface area contributed by atoms with E-state index in [-0.39, 0.29) is 20.1 Å². The minimum atomic E-state index is 0. The summed E-state index contributed by atoms with van der Waals surface area (Å²) in [7, 11) is 0. The minimum absolute atomic E-state index is 0. The predicted octanol–water partition coefficient (Wildman–Crippen LogP) is 9.79. The molecule has 0 unspecified atom stereocenters. The number of aryl methyl sites for hydroxylation is 2. The number of nitrogens with zero attached hydrogens (tertiary/aromatic N) is 2. The first-order valence-electron chi connectivity index (χ1n) is 13.6. The van der Waals surface area contributed by atoms with Crippen LogP contribution in [0.4, 0.5) is 0 Å². The molecule has 0 aliphatic rings. The van der Waals surface area contributed by atoms with Crippen LogP contribution in [0.3, 0.4) is 0 Å². The number of rotatable bonds is 4. The first kappa shape index (κ1) is 28.9. The molecule has 42 heavy (non-hydrogen) atoms. The van der Waals surface area contributed by atoms with Gasteiger partial charge in [0.2, 0.25) is 0 Å². The summed E-state index contributed by atoms with van der Waals surface area (Å²) in [5.74, 6) is 0.892. The van der Waals surface area contributed by atoms with Crippen LogP contribution in [0.15, 0.2) is 138 Å². The summed E-state index contributed by atoms with van der Waals surface area (Å²) in [6, 6.07) is 47.3. The van der Waals surface area contributed by atoms with Crippen molar-refractivity contribution >= 4 is 11.0 Å². The van der Waals surface area contributed by atoms with Gasteiger partial charge in [0.25, 0.3) is 0 Å². The van der Waals surface area contributed by atoms with Crippen LogP contribution in [0.5, 0.6) is 0 Å². The monoisotopic (exact) mass is 721 g/mol. The van der Waals surface area contributed by atoms with Crippen LogP contribution in [-0.4, -0.2) is 9.97 Å². The second-order valence-corrected chi connectivity index (χ2v) is 9.93. The Bertz CT molecular complexity index is 1860. The topological polar surface area (TPSA) is 38.9 Å². The summed E-state index contributed by atoms with van der Waals surface area (Å²) in [5, 5.41) is 1.10.